The molecule has 4 heterocycles. The van der Waals surface area contributed by atoms with E-state index in [2.05, 4.69) is 9.97 Å². The lowest BCUT2D eigenvalue weighted by Gasteiger charge is -2.20. The minimum Gasteiger partial charge on any atom is -0.485 e. The van der Waals surface area contributed by atoms with Gasteiger partial charge in [0.2, 0.25) is 0 Å². The van der Waals surface area contributed by atoms with Gasteiger partial charge >= 0.3 is 0 Å². The molecule has 4 aromatic heterocycles. The fourth-order valence-electron chi connectivity index (χ4n) is 4.07. The first kappa shape index (κ1) is 28.2. The van der Waals surface area contributed by atoms with Crippen LogP contribution in [0, 0.1) is 19.7 Å². The van der Waals surface area contributed by atoms with Gasteiger partial charge in [0.15, 0.2) is 0 Å². The van der Waals surface area contributed by atoms with Crippen LogP contribution >= 0.6 is 11.6 Å². The second kappa shape index (κ2) is 11.1. The van der Waals surface area contributed by atoms with Crippen LogP contribution in [0.15, 0.2) is 58.5 Å². The minimum atomic E-state index is -1.36. The Kier molecular flexibility index (Phi) is 8.01. The van der Waals surface area contributed by atoms with E-state index in [-0.39, 0.29) is 41.1 Å². The maximum atomic E-state index is 14.3. The molecule has 0 aliphatic carbocycles. The molecule has 0 amide bonds. The number of nitrogens with zero attached hydrogens (tertiary/aromatic N) is 4. The highest BCUT2D eigenvalue weighted by atomic mass is 35.5. The van der Waals surface area contributed by atoms with Gasteiger partial charge in [-0.15, -0.1) is 0 Å². The van der Waals surface area contributed by atoms with Crippen LogP contribution < -0.4 is 15.9 Å². The molecular weight excluding hydrogens is 527 g/mol. The van der Waals surface area contributed by atoms with Crippen LogP contribution in [0.2, 0.25) is 5.02 Å². The van der Waals surface area contributed by atoms with Crippen LogP contribution in [0.1, 0.15) is 41.9 Å². The number of hydrogen-bond donors (Lipinski definition) is 1. The van der Waals surface area contributed by atoms with E-state index in [0.717, 1.165) is 0 Å². The van der Waals surface area contributed by atoms with Gasteiger partial charge in [0, 0.05) is 43.4 Å². The Morgan fingerprint density at radius 3 is 2.49 bits per heavy atom. The van der Waals surface area contributed by atoms with Crippen LogP contribution in [0.4, 0.5) is 4.39 Å². The lowest BCUT2D eigenvalue weighted by molar-refractivity contribution is 0.0767. The lowest BCUT2D eigenvalue weighted by Crippen LogP contribution is -2.31. The summed E-state index contributed by atoms with van der Waals surface area (Å²) in [5.74, 6) is -0.243. The number of aromatic nitrogens is 4. The van der Waals surface area contributed by atoms with Gasteiger partial charge in [-0.05, 0) is 57.0 Å². The molecule has 11 heteroatoms. The molecule has 0 fully saturated rings. The molecule has 0 radical (unpaired) electrons. The summed E-state index contributed by atoms with van der Waals surface area (Å²) >= 11 is 6.45. The van der Waals surface area contributed by atoms with Gasteiger partial charge in [-0.3, -0.25) is 23.7 Å². The third kappa shape index (κ3) is 5.78. The largest absolute Gasteiger partial charge is 0.485 e. The standard InChI is InChI=1S/C28H28ClFN4O5/c1-16-9-20(30)21(31-12-16)15-39-23-10-18(14-38-5)34(27(36)25(23)29)22-11-24(32-13-17(22)2)33-8-6-7-19(26(33)35)28(3,4)37/h6-13,37H,14-15H2,1-5H3. The van der Waals surface area contributed by atoms with E-state index in [9.17, 15) is 19.1 Å². The van der Waals surface area contributed by atoms with E-state index >= 15 is 0 Å². The molecule has 39 heavy (non-hydrogen) atoms. The van der Waals surface area contributed by atoms with Gasteiger partial charge in [-0.2, -0.15) is 0 Å². The number of aliphatic hydroxyl groups is 1. The van der Waals surface area contributed by atoms with E-state index in [1.807, 2.05) is 0 Å². The quantitative estimate of drug-likeness (QED) is 0.349. The second-order valence-electron chi connectivity index (χ2n) is 9.60. The molecule has 0 saturated heterocycles. The number of halogens is 2. The maximum Gasteiger partial charge on any atom is 0.277 e. The third-order valence-corrected chi connectivity index (χ3v) is 6.41. The molecule has 0 saturated carbocycles. The van der Waals surface area contributed by atoms with E-state index in [1.54, 1.807) is 38.1 Å². The maximum absolute atomic E-state index is 14.3. The molecule has 0 unspecified atom stereocenters. The summed E-state index contributed by atoms with van der Waals surface area (Å²) in [6.45, 7) is 6.31. The van der Waals surface area contributed by atoms with Crippen LogP contribution in [0.25, 0.3) is 11.5 Å². The Labute approximate surface area is 229 Å². The first-order valence-corrected chi connectivity index (χ1v) is 12.4. The van der Waals surface area contributed by atoms with Crippen molar-refractivity contribution in [1.82, 2.24) is 19.1 Å². The molecule has 0 spiro atoms. The highest BCUT2D eigenvalue weighted by Crippen LogP contribution is 2.27. The van der Waals surface area contributed by atoms with Gasteiger partial charge in [0.05, 0.1) is 23.6 Å². The van der Waals surface area contributed by atoms with Gasteiger partial charge < -0.3 is 14.6 Å². The Morgan fingerprint density at radius 1 is 1.08 bits per heavy atom. The Morgan fingerprint density at radius 2 is 1.82 bits per heavy atom. The van der Waals surface area contributed by atoms with E-state index < -0.39 is 22.5 Å². The topological polar surface area (TPSA) is 108 Å². The van der Waals surface area contributed by atoms with Gasteiger partial charge in [-0.25, -0.2) is 9.37 Å². The summed E-state index contributed by atoms with van der Waals surface area (Å²) < 4.78 is 27.9. The number of methoxy groups -OCH3 is 1. The van der Waals surface area contributed by atoms with Crippen molar-refractivity contribution in [2.45, 2.75) is 46.5 Å². The number of aryl methyl sites for hydroxylation is 2. The van der Waals surface area contributed by atoms with E-state index in [0.29, 0.717) is 22.5 Å². The second-order valence-corrected chi connectivity index (χ2v) is 9.98. The van der Waals surface area contributed by atoms with Crippen molar-refractivity contribution in [3.05, 3.63) is 109 Å². The van der Waals surface area contributed by atoms with Crippen molar-refractivity contribution in [2.24, 2.45) is 0 Å². The van der Waals surface area contributed by atoms with E-state index in [1.165, 1.54) is 54.7 Å². The predicted molar refractivity (Wildman–Crippen MR) is 144 cm³/mol. The molecule has 0 aromatic carbocycles. The SMILES string of the molecule is COCc1cc(OCc2ncc(C)cc2F)c(Cl)c(=O)n1-c1cc(-n2cccc(C(C)(C)O)c2=O)ncc1C. The van der Waals surface area contributed by atoms with Crippen LogP contribution in [0.5, 0.6) is 5.75 Å². The van der Waals surface area contributed by atoms with Crippen molar-refractivity contribution in [2.75, 3.05) is 7.11 Å². The summed E-state index contributed by atoms with van der Waals surface area (Å²) in [4.78, 5) is 35.1. The first-order chi connectivity index (χ1) is 18.4. The summed E-state index contributed by atoms with van der Waals surface area (Å²) in [5, 5.41) is 10.2. The summed E-state index contributed by atoms with van der Waals surface area (Å²) in [7, 11) is 1.47. The predicted octanol–water partition coefficient (Wildman–Crippen LogP) is 4.14. The van der Waals surface area contributed by atoms with Crippen molar-refractivity contribution >= 4 is 11.6 Å². The normalized spacial score (nSPS) is 11.6. The molecule has 1 N–H and O–H groups in total. The minimum absolute atomic E-state index is 0.0190. The zero-order valence-corrected chi connectivity index (χ0v) is 22.9. The molecule has 204 valence electrons. The zero-order valence-electron chi connectivity index (χ0n) is 22.2. The highest BCUT2D eigenvalue weighted by molar-refractivity contribution is 6.31. The van der Waals surface area contributed by atoms with Crippen molar-refractivity contribution < 1.29 is 19.0 Å². The number of rotatable bonds is 8. The third-order valence-electron chi connectivity index (χ3n) is 6.06. The first-order valence-electron chi connectivity index (χ1n) is 12.0. The van der Waals surface area contributed by atoms with Crippen molar-refractivity contribution in [3.63, 3.8) is 0 Å². The number of hydrogen-bond acceptors (Lipinski definition) is 7. The van der Waals surface area contributed by atoms with Crippen LogP contribution in [-0.2, 0) is 23.6 Å². The number of pyridine rings is 4. The molecule has 0 aliphatic heterocycles. The average Bonchev–Trinajstić information content (AvgIpc) is 2.87. The lowest BCUT2D eigenvalue weighted by atomic mass is 10.0. The molecule has 0 aliphatic rings. The Hall–Kier alpha value is -3.86. The van der Waals surface area contributed by atoms with Gasteiger partial charge in [-0.1, -0.05) is 11.6 Å². The molecule has 4 rings (SSSR count). The summed E-state index contributed by atoms with van der Waals surface area (Å²) in [6, 6.07) is 7.64. The number of ether oxygens (including phenoxy) is 2. The molecule has 4 aromatic rings. The van der Waals surface area contributed by atoms with E-state index in [4.69, 9.17) is 21.1 Å². The van der Waals surface area contributed by atoms with Gasteiger partial charge in [0.1, 0.15) is 34.7 Å². The zero-order chi connectivity index (χ0) is 28.5. The highest BCUT2D eigenvalue weighted by Gasteiger charge is 2.23. The van der Waals surface area contributed by atoms with Crippen molar-refractivity contribution in [3.8, 4) is 17.3 Å². The fraction of sp³-hybridized carbons (Fsp3) is 0.286. The van der Waals surface area contributed by atoms with Crippen LogP contribution in [0.3, 0.4) is 0 Å². The average molecular weight is 555 g/mol. The molecule has 0 bridgehead atoms. The molecular formula is C28H28ClFN4O5. The summed E-state index contributed by atoms with van der Waals surface area (Å²) in [5.41, 5.74) is -0.0451. The molecule has 9 nitrogen and oxygen atoms in total. The molecule has 0 atom stereocenters. The van der Waals surface area contributed by atoms with Crippen LogP contribution in [-0.4, -0.2) is 31.3 Å². The smallest absolute Gasteiger partial charge is 0.277 e. The fourth-order valence-corrected chi connectivity index (χ4v) is 4.26. The monoisotopic (exact) mass is 554 g/mol. The van der Waals surface area contributed by atoms with Gasteiger partial charge in [0.25, 0.3) is 11.1 Å². The Bertz CT molecular complexity index is 1660. The Balaban J connectivity index is 1.81. The summed E-state index contributed by atoms with van der Waals surface area (Å²) in [6.07, 6.45) is 4.57. The van der Waals surface area contributed by atoms with Crippen molar-refractivity contribution in [1.29, 1.82) is 0 Å².